The molecule has 0 amide bonds. The molecule has 0 atom stereocenters. The Morgan fingerprint density at radius 3 is 2.61 bits per heavy atom. The quantitative estimate of drug-likeness (QED) is 0.820. The molecule has 1 aromatic carbocycles. The minimum Gasteiger partial charge on any atom is -0.492 e. The number of aliphatic hydroxyl groups is 1. The van der Waals surface area contributed by atoms with Crippen molar-refractivity contribution in [3.63, 3.8) is 0 Å². The second-order valence-electron chi connectivity index (χ2n) is 4.27. The summed E-state index contributed by atoms with van der Waals surface area (Å²) >= 11 is 0. The summed E-state index contributed by atoms with van der Waals surface area (Å²) in [7, 11) is -3.02. The lowest BCUT2D eigenvalue weighted by Crippen LogP contribution is -2.17. The third kappa shape index (κ3) is 4.66. The highest BCUT2D eigenvalue weighted by molar-refractivity contribution is 7.91. The third-order valence-corrected chi connectivity index (χ3v) is 4.37. The maximum atomic E-state index is 11.5. The van der Waals surface area contributed by atoms with Crippen molar-refractivity contribution in [1.82, 2.24) is 0 Å². The molecule has 0 saturated carbocycles. The minimum atomic E-state index is -3.02. The standard InChI is InChI=1S/C13H20O4S/c1-3-7-18(15,16)8-6-17-13-5-4-11(2)9-12(13)10-14/h4-5,9,14H,3,6-8,10H2,1-2H3. The second kappa shape index (κ2) is 6.75. The van der Waals surface area contributed by atoms with Gasteiger partial charge >= 0.3 is 0 Å². The summed E-state index contributed by atoms with van der Waals surface area (Å²) in [6.07, 6.45) is 0.620. The Morgan fingerprint density at radius 1 is 1.28 bits per heavy atom. The molecule has 5 heteroatoms. The average molecular weight is 272 g/mol. The predicted molar refractivity (Wildman–Crippen MR) is 71.5 cm³/mol. The van der Waals surface area contributed by atoms with Crippen LogP contribution in [0.25, 0.3) is 0 Å². The van der Waals surface area contributed by atoms with Gasteiger partial charge in [0.15, 0.2) is 9.84 Å². The lowest BCUT2D eigenvalue weighted by atomic mass is 10.1. The first-order chi connectivity index (χ1) is 8.48. The summed E-state index contributed by atoms with van der Waals surface area (Å²) in [5.74, 6) is 0.756. The van der Waals surface area contributed by atoms with Crippen LogP contribution in [0, 0.1) is 6.92 Å². The zero-order valence-corrected chi connectivity index (χ0v) is 11.7. The zero-order valence-electron chi connectivity index (χ0n) is 10.8. The van der Waals surface area contributed by atoms with E-state index in [0.29, 0.717) is 17.7 Å². The molecule has 1 rings (SSSR count). The van der Waals surface area contributed by atoms with E-state index >= 15 is 0 Å². The molecular weight excluding hydrogens is 252 g/mol. The first kappa shape index (κ1) is 15.0. The molecule has 0 aliphatic carbocycles. The first-order valence-corrected chi connectivity index (χ1v) is 7.84. The predicted octanol–water partition coefficient (Wildman–Crippen LogP) is 1.69. The van der Waals surface area contributed by atoms with E-state index < -0.39 is 9.84 Å². The first-order valence-electron chi connectivity index (χ1n) is 6.02. The molecule has 0 fully saturated rings. The fourth-order valence-corrected chi connectivity index (χ4v) is 2.83. The van der Waals surface area contributed by atoms with E-state index in [1.54, 1.807) is 6.07 Å². The van der Waals surface area contributed by atoms with Gasteiger partial charge in [-0.3, -0.25) is 0 Å². The lowest BCUT2D eigenvalue weighted by Gasteiger charge is -2.11. The highest BCUT2D eigenvalue weighted by atomic mass is 32.2. The molecule has 18 heavy (non-hydrogen) atoms. The van der Waals surface area contributed by atoms with Crippen LogP contribution in [0.3, 0.4) is 0 Å². The molecule has 0 bridgehead atoms. The number of sulfone groups is 1. The molecule has 1 N–H and O–H groups in total. The number of rotatable bonds is 7. The number of aryl methyl sites for hydroxylation is 1. The molecule has 0 aliphatic rings. The van der Waals surface area contributed by atoms with Crippen molar-refractivity contribution in [2.24, 2.45) is 0 Å². The van der Waals surface area contributed by atoms with Crippen LogP contribution < -0.4 is 4.74 Å². The van der Waals surface area contributed by atoms with Crippen LogP contribution in [0.5, 0.6) is 5.75 Å². The largest absolute Gasteiger partial charge is 0.492 e. The monoisotopic (exact) mass is 272 g/mol. The normalized spacial score (nSPS) is 11.5. The summed E-state index contributed by atoms with van der Waals surface area (Å²) in [6.45, 7) is 3.77. The number of benzene rings is 1. The molecule has 0 aliphatic heterocycles. The fourth-order valence-electron chi connectivity index (χ4n) is 1.66. The van der Waals surface area contributed by atoms with Crippen LogP contribution in [0.15, 0.2) is 18.2 Å². The van der Waals surface area contributed by atoms with Gasteiger partial charge in [-0.1, -0.05) is 24.6 Å². The average Bonchev–Trinajstić information content (AvgIpc) is 2.30. The van der Waals surface area contributed by atoms with Gasteiger partial charge in [-0.25, -0.2) is 8.42 Å². The summed E-state index contributed by atoms with van der Waals surface area (Å²) in [4.78, 5) is 0. The molecule has 1 aromatic rings. The molecule has 0 saturated heterocycles. The van der Waals surface area contributed by atoms with E-state index in [1.807, 2.05) is 26.0 Å². The highest BCUT2D eigenvalue weighted by Gasteiger charge is 2.10. The summed E-state index contributed by atoms with van der Waals surface area (Å²) < 4.78 is 28.4. The van der Waals surface area contributed by atoms with Crippen LogP contribution >= 0.6 is 0 Å². The molecule has 0 heterocycles. The molecule has 0 aromatic heterocycles. The summed E-state index contributed by atoms with van der Waals surface area (Å²) in [5.41, 5.74) is 1.72. The van der Waals surface area contributed by atoms with Crippen molar-refractivity contribution in [3.8, 4) is 5.75 Å². The van der Waals surface area contributed by atoms with Gasteiger partial charge in [-0.2, -0.15) is 0 Å². The molecule has 102 valence electrons. The molecule has 0 unspecified atom stereocenters. The summed E-state index contributed by atoms with van der Waals surface area (Å²) in [6, 6.07) is 5.46. The minimum absolute atomic E-state index is 0.0135. The van der Waals surface area contributed by atoms with Crippen LogP contribution in [-0.4, -0.2) is 31.6 Å². The van der Waals surface area contributed by atoms with Crippen molar-refractivity contribution >= 4 is 9.84 Å². The zero-order chi connectivity index (χ0) is 13.6. The Bertz CT molecular complexity index is 480. The maximum absolute atomic E-state index is 11.5. The van der Waals surface area contributed by atoms with Crippen molar-refractivity contribution in [3.05, 3.63) is 29.3 Å². The van der Waals surface area contributed by atoms with E-state index in [-0.39, 0.29) is 24.7 Å². The highest BCUT2D eigenvalue weighted by Crippen LogP contribution is 2.20. The van der Waals surface area contributed by atoms with E-state index in [0.717, 1.165) is 5.56 Å². The topological polar surface area (TPSA) is 63.6 Å². The van der Waals surface area contributed by atoms with Crippen LogP contribution in [0.1, 0.15) is 24.5 Å². The Morgan fingerprint density at radius 2 is 2.00 bits per heavy atom. The molecule has 0 radical (unpaired) electrons. The molecule has 4 nitrogen and oxygen atoms in total. The molecule has 0 spiro atoms. The van der Waals surface area contributed by atoms with Gasteiger partial charge in [-0.15, -0.1) is 0 Å². The Hall–Kier alpha value is -1.07. The van der Waals surface area contributed by atoms with Crippen molar-refractivity contribution in [2.75, 3.05) is 18.1 Å². The van der Waals surface area contributed by atoms with Crippen molar-refractivity contribution in [2.45, 2.75) is 26.9 Å². The third-order valence-electron chi connectivity index (χ3n) is 2.55. The number of ether oxygens (including phenoxy) is 1. The van der Waals surface area contributed by atoms with Crippen LogP contribution in [0.4, 0.5) is 0 Å². The van der Waals surface area contributed by atoms with Gasteiger partial charge in [0, 0.05) is 5.56 Å². The van der Waals surface area contributed by atoms with Gasteiger partial charge in [-0.05, 0) is 19.4 Å². The van der Waals surface area contributed by atoms with E-state index in [2.05, 4.69) is 0 Å². The Balaban J connectivity index is 2.59. The fraction of sp³-hybridized carbons (Fsp3) is 0.538. The summed E-state index contributed by atoms with van der Waals surface area (Å²) in [5, 5.41) is 9.19. The van der Waals surface area contributed by atoms with Crippen molar-refractivity contribution < 1.29 is 18.3 Å². The van der Waals surface area contributed by atoms with E-state index in [9.17, 15) is 13.5 Å². The maximum Gasteiger partial charge on any atom is 0.153 e. The van der Waals surface area contributed by atoms with Crippen LogP contribution in [0.2, 0.25) is 0 Å². The van der Waals surface area contributed by atoms with Gasteiger partial charge in [0.1, 0.15) is 12.4 Å². The van der Waals surface area contributed by atoms with Gasteiger partial charge < -0.3 is 9.84 Å². The second-order valence-corrected chi connectivity index (χ2v) is 6.57. The number of hydrogen-bond acceptors (Lipinski definition) is 4. The SMILES string of the molecule is CCCS(=O)(=O)CCOc1ccc(C)cc1CO. The smallest absolute Gasteiger partial charge is 0.153 e. The number of aliphatic hydroxyl groups excluding tert-OH is 1. The van der Waals surface area contributed by atoms with Crippen molar-refractivity contribution in [1.29, 1.82) is 0 Å². The van der Waals surface area contributed by atoms with Crippen LogP contribution in [-0.2, 0) is 16.4 Å². The lowest BCUT2D eigenvalue weighted by molar-refractivity contribution is 0.267. The number of hydrogen-bond donors (Lipinski definition) is 1. The van der Waals surface area contributed by atoms with E-state index in [4.69, 9.17) is 4.74 Å². The van der Waals surface area contributed by atoms with Gasteiger partial charge in [0.05, 0.1) is 18.1 Å². The van der Waals surface area contributed by atoms with E-state index in [1.165, 1.54) is 0 Å². The Kier molecular flexibility index (Phi) is 5.62. The Labute approximate surface area is 109 Å². The van der Waals surface area contributed by atoms with Gasteiger partial charge in [0.2, 0.25) is 0 Å². The van der Waals surface area contributed by atoms with Gasteiger partial charge in [0.25, 0.3) is 0 Å². The molecular formula is C13H20O4S.